The van der Waals surface area contributed by atoms with Crippen molar-refractivity contribution < 1.29 is 4.42 Å². The van der Waals surface area contributed by atoms with E-state index in [1.807, 2.05) is 6.07 Å². The van der Waals surface area contributed by atoms with E-state index in [1.54, 1.807) is 12.5 Å². The van der Waals surface area contributed by atoms with E-state index < -0.39 is 0 Å². The van der Waals surface area contributed by atoms with Gasteiger partial charge in [0.15, 0.2) is 0 Å². The molecule has 0 bridgehead atoms. The average Bonchev–Trinajstić information content (AvgIpc) is 3.30. The maximum absolute atomic E-state index is 5.60. The van der Waals surface area contributed by atoms with Crippen LogP contribution in [0.4, 0.5) is 0 Å². The Morgan fingerprint density at radius 1 is 0.800 bits per heavy atom. The van der Waals surface area contributed by atoms with E-state index in [4.69, 9.17) is 4.42 Å². The van der Waals surface area contributed by atoms with Crippen LogP contribution in [0, 0.1) is 0 Å². The van der Waals surface area contributed by atoms with Gasteiger partial charge < -0.3 is 8.98 Å². The Hall–Kier alpha value is -3.33. The lowest BCUT2D eigenvalue weighted by molar-refractivity contribution is 0.575. The minimum atomic E-state index is 0.655. The molecule has 5 aromatic rings. The first-order chi connectivity index (χ1) is 12.4. The SMILES string of the molecule is c1ccc(Cn2c3ccccc3c3cccc(-c4ncco4)c32)cc1. The van der Waals surface area contributed by atoms with Crippen molar-refractivity contribution in [1.82, 2.24) is 9.55 Å². The maximum atomic E-state index is 5.60. The topological polar surface area (TPSA) is 31.0 Å². The van der Waals surface area contributed by atoms with Gasteiger partial charge in [0.1, 0.15) is 6.26 Å². The van der Waals surface area contributed by atoms with Crippen molar-refractivity contribution in [3.8, 4) is 11.5 Å². The number of aromatic nitrogens is 2. The lowest BCUT2D eigenvalue weighted by atomic mass is 10.1. The van der Waals surface area contributed by atoms with Crippen molar-refractivity contribution >= 4 is 21.8 Å². The number of hydrogen-bond donors (Lipinski definition) is 0. The quantitative estimate of drug-likeness (QED) is 0.439. The fourth-order valence-electron chi connectivity index (χ4n) is 3.57. The second-order valence-electron chi connectivity index (χ2n) is 6.13. The number of oxazole rings is 1. The van der Waals surface area contributed by atoms with Gasteiger partial charge in [0, 0.05) is 22.8 Å². The Bertz CT molecular complexity index is 1160. The Morgan fingerprint density at radius 3 is 2.44 bits per heavy atom. The summed E-state index contributed by atoms with van der Waals surface area (Å²) in [6.07, 6.45) is 3.32. The molecular formula is C22H16N2O. The van der Waals surface area contributed by atoms with Gasteiger partial charge in [-0.2, -0.15) is 0 Å². The number of nitrogens with zero attached hydrogens (tertiary/aromatic N) is 2. The molecule has 0 aliphatic carbocycles. The molecule has 5 rings (SSSR count). The van der Waals surface area contributed by atoms with Gasteiger partial charge in [-0.05, 0) is 17.7 Å². The lowest BCUT2D eigenvalue weighted by Gasteiger charge is -2.10. The standard InChI is InChI=1S/C22H16N2O/c1-2-7-16(8-3-1)15-24-20-12-5-4-9-17(20)18-10-6-11-19(21(18)24)22-23-13-14-25-22/h1-14H,15H2. The summed E-state index contributed by atoms with van der Waals surface area (Å²) in [5.74, 6) is 0.655. The predicted octanol–water partition coefficient (Wildman–Crippen LogP) is 5.50. The molecule has 0 fully saturated rings. The fraction of sp³-hybridized carbons (Fsp3) is 0.0455. The minimum absolute atomic E-state index is 0.655. The van der Waals surface area contributed by atoms with E-state index in [0.29, 0.717) is 5.89 Å². The molecule has 0 spiro atoms. The Balaban J connectivity index is 1.86. The summed E-state index contributed by atoms with van der Waals surface area (Å²) in [5, 5.41) is 2.48. The zero-order valence-electron chi connectivity index (χ0n) is 13.6. The van der Waals surface area contributed by atoms with Crippen LogP contribution in [-0.2, 0) is 6.54 Å². The molecule has 3 aromatic carbocycles. The fourth-order valence-corrected chi connectivity index (χ4v) is 3.57. The molecule has 3 nitrogen and oxygen atoms in total. The van der Waals surface area contributed by atoms with Crippen LogP contribution in [0.1, 0.15) is 5.56 Å². The third kappa shape index (κ3) is 2.24. The van der Waals surface area contributed by atoms with Crippen molar-refractivity contribution in [2.75, 3.05) is 0 Å². The van der Waals surface area contributed by atoms with Crippen LogP contribution in [0.2, 0.25) is 0 Å². The highest BCUT2D eigenvalue weighted by Crippen LogP contribution is 2.35. The second-order valence-corrected chi connectivity index (χ2v) is 6.13. The molecular weight excluding hydrogens is 308 g/mol. The van der Waals surface area contributed by atoms with Crippen LogP contribution < -0.4 is 0 Å². The van der Waals surface area contributed by atoms with Crippen molar-refractivity contribution in [3.63, 3.8) is 0 Å². The van der Waals surface area contributed by atoms with Gasteiger partial charge in [0.05, 0.1) is 17.3 Å². The highest BCUT2D eigenvalue weighted by Gasteiger charge is 2.16. The highest BCUT2D eigenvalue weighted by molar-refractivity contribution is 6.12. The van der Waals surface area contributed by atoms with Gasteiger partial charge >= 0.3 is 0 Å². The molecule has 120 valence electrons. The molecule has 0 unspecified atom stereocenters. The van der Waals surface area contributed by atoms with Gasteiger partial charge in [-0.25, -0.2) is 4.98 Å². The summed E-state index contributed by atoms with van der Waals surface area (Å²) < 4.78 is 7.97. The molecule has 0 amide bonds. The van der Waals surface area contributed by atoms with Crippen LogP contribution in [0.3, 0.4) is 0 Å². The molecule has 2 aromatic heterocycles. The highest BCUT2D eigenvalue weighted by atomic mass is 16.3. The number of hydrogen-bond acceptors (Lipinski definition) is 2. The van der Waals surface area contributed by atoms with Crippen molar-refractivity contribution in [2.24, 2.45) is 0 Å². The molecule has 0 saturated carbocycles. The summed E-state index contributed by atoms with van der Waals surface area (Å²) in [6.45, 7) is 0.808. The smallest absolute Gasteiger partial charge is 0.228 e. The Labute approximate surface area is 145 Å². The molecule has 25 heavy (non-hydrogen) atoms. The van der Waals surface area contributed by atoms with E-state index in [9.17, 15) is 0 Å². The van der Waals surface area contributed by atoms with Crippen molar-refractivity contribution in [2.45, 2.75) is 6.54 Å². The molecule has 0 atom stereocenters. The largest absolute Gasteiger partial charge is 0.444 e. The van der Waals surface area contributed by atoms with Gasteiger partial charge in [0.2, 0.25) is 5.89 Å². The molecule has 0 aliphatic rings. The van der Waals surface area contributed by atoms with E-state index >= 15 is 0 Å². The molecule has 2 heterocycles. The molecule has 0 N–H and O–H groups in total. The van der Waals surface area contributed by atoms with Crippen molar-refractivity contribution in [3.05, 3.63) is 90.8 Å². The number of benzene rings is 3. The second kappa shape index (κ2) is 5.64. The third-order valence-corrected chi connectivity index (χ3v) is 4.64. The van der Waals surface area contributed by atoms with Gasteiger partial charge in [0.25, 0.3) is 0 Å². The van der Waals surface area contributed by atoms with E-state index in [0.717, 1.165) is 17.6 Å². The summed E-state index contributed by atoms with van der Waals surface area (Å²) in [6, 6.07) is 25.4. The monoisotopic (exact) mass is 324 g/mol. The first kappa shape index (κ1) is 14.1. The Kier molecular flexibility index (Phi) is 3.17. The number of para-hydroxylation sites is 2. The predicted molar refractivity (Wildman–Crippen MR) is 100 cm³/mol. The zero-order chi connectivity index (χ0) is 16.6. The molecule has 0 aliphatic heterocycles. The summed E-state index contributed by atoms with van der Waals surface area (Å²) in [7, 11) is 0. The molecule has 3 heteroatoms. The van der Waals surface area contributed by atoms with Crippen LogP contribution in [0.5, 0.6) is 0 Å². The summed E-state index contributed by atoms with van der Waals surface area (Å²) in [4.78, 5) is 4.37. The minimum Gasteiger partial charge on any atom is -0.444 e. The van der Waals surface area contributed by atoms with E-state index in [-0.39, 0.29) is 0 Å². The van der Waals surface area contributed by atoms with Gasteiger partial charge in [-0.15, -0.1) is 0 Å². The molecule has 0 saturated heterocycles. The zero-order valence-corrected chi connectivity index (χ0v) is 13.6. The lowest BCUT2D eigenvalue weighted by Crippen LogP contribution is -2.00. The normalized spacial score (nSPS) is 11.4. The summed E-state index contributed by atoms with van der Waals surface area (Å²) in [5.41, 5.74) is 4.68. The van der Waals surface area contributed by atoms with Crippen LogP contribution in [-0.4, -0.2) is 9.55 Å². The van der Waals surface area contributed by atoms with E-state index in [2.05, 4.69) is 76.3 Å². The molecule has 0 radical (unpaired) electrons. The van der Waals surface area contributed by atoms with Crippen LogP contribution in [0.25, 0.3) is 33.3 Å². The number of rotatable bonds is 3. The first-order valence-corrected chi connectivity index (χ1v) is 8.35. The van der Waals surface area contributed by atoms with E-state index in [1.165, 1.54) is 21.9 Å². The van der Waals surface area contributed by atoms with Crippen molar-refractivity contribution in [1.29, 1.82) is 0 Å². The average molecular weight is 324 g/mol. The van der Waals surface area contributed by atoms with Gasteiger partial charge in [-0.1, -0.05) is 60.7 Å². The first-order valence-electron chi connectivity index (χ1n) is 8.35. The summed E-state index contributed by atoms with van der Waals surface area (Å²) >= 11 is 0. The number of fused-ring (bicyclic) bond motifs is 3. The third-order valence-electron chi connectivity index (χ3n) is 4.64. The maximum Gasteiger partial charge on any atom is 0.228 e. The van der Waals surface area contributed by atoms with Gasteiger partial charge in [-0.3, -0.25) is 0 Å². The van der Waals surface area contributed by atoms with Crippen LogP contribution in [0.15, 0.2) is 89.7 Å². The van der Waals surface area contributed by atoms with Crippen LogP contribution >= 0.6 is 0 Å². The Morgan fingerprint density at radius 2 is 1.60 bits per heavy atom.